The fourth-order valence-electron chi connectivity index (χ4n) is 1.66. The quantitative estimate of drug-likeness (QED) is 0.483. The zero-order chi connectivity index (χ0) is 14.1. The zero-order valence-corrected chi connectivity index (χ0v) is 10.7. The van der Waals surface area contributed by atoms with Gasteiger partial charge < -0.3 is 0 Å². The molecule has 6 heteroatoms. The molecule has 100 valence electrons. The van der Waals surface area contributed by atoms with E-state index >= 15 is 0 Å². The second-order valence-corrected chi connectivity index (χ2v) is 4.09. The van der Waals surface area contributed by atoms with Gasteiger partial charge in [-0.3, -0.25) is 14.9 Å². The van der Waals surface area contributed by atoms with E-state index in [0.717, 1.165) is 6.42 Å². The Hall–Kier alpha value is -2.33. The molecule has 1 rings (SSSR count). The zero-order valence-electron chi connectivity index (χ0n) is 10.7. The largest absolute Gasteiger partial charge is 0.292 e. The third-order valence-electron chi connectivity index (χ3n) is 2.55. The van der Waals surface area contributed by atoms with Crippen LogP contribution in [0.2, 0.25) is 0 Å². The summed E-state index contributed by atoms with van der Waals surface area (Å²) >= 11 is 0. The Morgan fingerprint density at radius 1 is 1.37 bits per heavy atom. The molecule has 0 aromatic heterocycles. The minimum absolute atomic E-state index is 0.0243. The summed E-state index contributed by atoms with van der Waals surface area (Å²) in [6.45, 7) is 1.94. The summed E-state index contributed by atoms with van der Waals surface area (Å²) in [5, 5.41) is 5.82. The maximum atomic E-state index is 11.7. The molecular weight excluding hydrogens is 244 g/mol. The minimum Gasteiger partial charge on any atom is -0.292 e. The number of hydrogen-bond donors (Lipinski definition) is 1. The standard InChI is InChI=1S/C13H16N4O2/c1-2-6-11(16-17-14)9-12(18)15-13(19)10-7-4-3-5-8-10/h3-5,7-8,11H,2,6,9H2,1H3,(H,15,18,19)/t11-/m1/s1. The third kappa shape index (κ3) is 5.23. The van der Waals surface area contributed by atoms with E-state index < -0.39 is 17.9 Å². The highest BCUT2D eigenvalue weighted by molar-refractivity contribution is 6.04. The van der Waals surface area contributed by atoms with Crippen LogP contribution in [0.15, 0.2) is 35.4 Å². The molecule has 0 spiro atoms. The predicted molar refractivity (Wildman–Crippen MR) is 71.4 cm³/mol. The van der Waals surface area contributed by atoms with Crippen LogP contribution in [0.25, 0.3) is 10.4 Å². The number of nitrogens with one attached hydrogen (secondary N) is 1. The van der Waals surface area contributed by atoms with Crippen LogP contribution in [0.5, 0.6) is 0 Å². The van der Waals surface area contributed by atoms with Gasteiger partial charge in [0, 0.05) is 22.9 Å². The van der Waals surface area contributed by atoms with Gasteiger partial charge in [0.1, 0.15) is 0 Å². The highest BCUT2D eigenvalue weighted by atomic mass is 16.2. The molecule has 0 radical (unpaired) electrons. The monoisotopic (exact) mass is 260 g/mol. The van der Waals surface area contributed by atoms with Crippen LogP contribution in [-0.4, -0.2) is 17.9 Å². The molecule has 0 fully saturated rings. The minimum atomic E-state index is -0.443. The van der Waals surface area contributed by atoms with Gasteiger partial charge in [-0.15, -0.1) is 0 Å². The van der Waals surface area contributed by atoms with Gasteiger partial charge in [-0.25, -0.2) is 0 Å². The second-order valence-electron chi connectivity index (χ2n) is 4.09. The number of amides is 2. The molecule has 0 unspecified atom stereocenters. The van der Waals surface area contributed by atoms with E-state index in [2.05, 4.69) is 15.3 Å². The number of hydrogen-bond acceptors (Lipinski definition) is 3. The van der Waals surface area contributed by atoms with Crippen LogP contribution in [0.3, 0.4) is 0 Å². The lowest BCUT2D eigenvalue weighted by atomic mass is 10.1. The topological polar surface area (TPSA) is 94.9 Å². The first-order chi connectivity index (χ1) is 9.17. The number of azide groups is 1. The van der Waals surface area contributed by atoms with Gasteiger partial charge in [0.2, 0.25) is 5.91 Å². The first-order valence-corrected chi connectivity index (χ1v) is 6.10. The van der Waals surface area contributed by atoms with Gasteiger partial charge in [0.15, 0.2) is 0 Å². The first-order valence-electron chi connectivity index (χ1n) is 6.10. The Morgan fingerprint density at radius 3 is 2.63 bits per heavy atom. The molecule has 1 aromatic carbocycles. The lowest BCUT2D eigenvalue weighted by molar-refractivity contribution is -0.120. The molecule has 0 saturated carbocycles. The van der Waals surface area contributed by atoms with E-state index in [0.29, 0.717) is 12.0 Å². The van der Waals surface area contributed by atoms with Crippen molar-refractivity contribution in [3.63, 3.8) is 0 Å². The van der Waals surface area contributed by atoms with Crippen LogP contribution >= 0.6 is 0 Å². The summed E-state index contributed by atoms with van der Waals surface area (Å²) < 4.78 is 0. The van der Waals surface area contributed by atoms with Crippen molar-refractivity contribution >= 4 is 11.8 Å². The van der Waals surface area contributed by atoms with Gasteiger partial charge in [0.25, 0.3) is 5.91 Å². The number of benzene rings is 1. The molecule has 0 saturated heterocycles. The molecule has 1 atom stereocenters. The summed E-state index contributed by atoms with van der Waals surface area (Å²) in [4.78, 5) is 26.1. The van der Waals surface area contributed by atoms with E-state index in [1.807, 2.05) is 6.92 Å². The maximum absolute atomic E-state index is 11.7. The predicted octanol–water partition coefficient (Wildman–Crippen LogP) is 2.81. The van der Waals surface area contributed by atoms with Crippen molar-refractivity contribution in [2.24, 2.45) is 5.11 Å². The van der Waals surface area contributed by atoms with Crippen LogP contribution in [-0.2, 0) is 4.79 Å². The van der Waals surface area contributed by atoms with Crippen molar-refractivity contribution in [2.45, 2.75) is 32.2 Å². The lowest BCUT2D eigenvalue weighted by Crippen LogP contribution is -2.32. The molecule has 19 heavy (non-hydrogen) atoms. The Kier molecular flexibility index (Phi) is 6.12. The summed E-state index contributed by atoms with van der Waals surface area (Å²) in [6, 6.07) is 8.08. The van der Waals surface area contributed by atoms with E-state index in [-0.39, 0.29) is 6.42 Å². The van der Waals surface area contributed by atoms with E-state index in [1.54, 1.807) is 30.3 Å². The molecule has 1 N–H and O–H groups in total. The van der Waals surface area contributed by atoms with Crippen LogP contribution in [0, 0.1) is 0 Å². The molecule has 0 bridgehead atoms. The smallest absolute Gasteiger partial charge is 0.257 e. The Morgan fingerprint density at radius 2 is 2.05 bits per heavy atom. The summed E-state index contributed by atoms with van der Waals surface area (Å²) in [5.74, 6) is -0.874. The van der Waals surface area contributed by atoms with Crippen molar-refractivity contribution in [3.05, 3.63) is 46.3 Å². The average molecular weight is 260 g/mol. The van der Waals surface area contributed by atoms with Gasteiger partial charge in [0.05, 0.1) is 0 Å². The third-order valence-corrected chi connectivity index (χ3v) is 2.55. The van der Waals surface area contributed by atoms with Crippen molar-refractivity contribution in [2.75, 3.05) is 0 Å². The molecule has 2 amide bonds. The summed E-state index contributed by atoms with van der Waals surface area (Å²) in [5.41, 5.74) is 8.82. The molecule has 0 aliphatic rings. The van der Waals surface area contributed by atoms with Gasteiger partial charge in [-0.05, 0) is 24.1 Å². The molecular formula is C13H16N4O2. The number of nitrogens with zero attached hydrogens (tertiary/aromatic N) is 3. The molecule has 0 aliphatic heterocycles. The highest BCUT2D eigenvalue weighted by Gasteiger charge is 2.14. The second kappa shape index (κ2) is 7.89. The number of carbonyl (C=O) groups excluding carboxylic acids is 2. The Balaban J connectivity index is 2.55. The van der Waals surface area contributed by atoms with Crippen LogP contribution in [0.1, 0.15) is 36.5 Å². The molecule has 6 nitrogen and oxygen atoms in total. The average Bonchev–Trinajstić information content (AvgIpc) is 2.40. The van der Waals surface area contributed by atoms with Crippen molar-refractivity contribution in [1.29, 1.82) is 0 Å². The van der Waals surface area contributed by atoms with Crippen molar-refractivity contribution < 1.29 is 9.59 Å². The SMILES string of the molecule is CCC[C@H](CC(=O)NC(=O)c1ccccc1)N=[N+]=[N-]. The molecule has 0 aliphatic carbocycles. The van der Waals surface area contributed by atoms with Gasteiger partial charge in [-0.1, -0.05) is 36.7 Å². The van der Waals surface area contributed by atoms with Crippen molar-refractivity contribution in [3.8, 4) is 0 Å². The Labute approximate surface area is 111 Å². The van der Waals surface area contributed by atoms with Crippen molar-refractivity contribution in [1.82, 2.24) is 5.32 Å². The first kappa shape index (κ1) is 14.7. The van der Waals surface area contributed by atoms with Gasteiger partial charge >= 0.3 is 0 Å². The summed E-state index contributed by atoms with van der Waals surface area (Å²) in [7, 11) is 0. The number of imide groups is 1. The maximum Gasteiger partial charge on any atom is 0.257 e. The van der Waals surface area contributed by atoms with E-state index in [1.165, 1.54) is 0 Å². The van der Waals surface area contributed by atoms with E-state index in [4.69, 9.17) is 5.53 Å². The molecule has 0 heterocycles. The normalized spacial score (nSPS) is 11.2. The Bertz CT molecular complexity index is 481. The fourth-order valence-corrected chi connectivity index (χ4v) is 1.66. The number of rotatable bonds is 6. The fraction of sp³-hybridized carbons (Fsp3) is 0.385. The van der Waals surface area contributed by atoms with Gasteiger partial charge in [-0.2, -0.15) is 0 Å². The van der Waals surface area contributed by atoms with Crippen LogP contribution in [0.4, 0.5) is 0 Å². The number of carbonyl (C=O) groups is 2. The molecule has 1 aromatic rings. The van der Waals surface area contributed by atoms with Crippen LogP contribution < -0.4 is 5.32 Å². The highest BCUT2D eigenvalue weighted by Crippen LogP contribution is 2.07. The lowest BCUT2D eigenvalue weighted by Gasteiger charge is -2.09. The van der Waals surface area contributed by atoms with E-state index in [9.17, 15) is 9.59 Å². The summed E-state index contributed by atoms with van der Waals surface area (Å²) in [6.07, 6.45) is 1.46.